The minimum Gasteiger partial charge on any atom is -0.504 e. The summed E-state index contributed by atoms with van der Waals surface area (Å²) in [6, 6.07) is 7.98. The first-order valence-electron chi connectivity index (χ1n) is 3.28. The van der Waals surface area contributed by atoms with E-state index in [0.717, 1.165) is 10.0 Å². The van der Waals surface area contributed by atoms with Crippen LogP contribution in [-0.4, -0.2) is 7.11 Å². The molecule has 1 rings (SSSR count). The summed E-state index contributed by atoms with van der Waals surface area (Å²) >= 11 is 3.42. The Morgan fingerprint density at radius 1 is 1.36 bits per heavy atom. The number of rotatable bonds is 2. The van der Waals surface area contributed by atoms with Crippen molar-refractivity contribution in [2.75, 3.05) is 7.11 Å². The van der Waals surface area contributed by atoms with E-state index in [9.17, 15) is 0 Å². The lowest BCUT2D eigenvalue weighted by Gasteiger charge is -1.95. The van der Waals surface area contributed by atoms with Gasteiger partial charge >= 0.3 is 0 Å². The molecule has 0 fully saturated rings. The fourth-order valence-electron chi connectivity index (χ4n) is 0.752. The molecule has 0 saturated carbocycles. The fourth-order valence-corrected chi connectivity index (χ4v) is 1.17. The smallest absolute Gasteiger partial charge is 0.0830 e. The first kappa shape index (κ1) is 8.34. The van der Waals surface area contributed by atoms with Crippen LogP contribution in [0.3, 0.4) is 0 Å². The zero-order valence-electron chi connectivity index (χ0n) is 6.25. The van der Waals surface area contributed by atoms with Gasteiger partial charge in [0.15, 0.2) is 0 Å². The van der Waals surface area contributed by atoms with E-state index < -0.39 is 0 Å². The molecule has 0 saturated heterocycles. The average molecular weight is 213 g/mol. The van der Waals surface area contributed by atoms with Crippen molar-refractivity contribution in [3.05, 3.63) is 40.6 Å². The maximum atomic E-state index is 4.80. The lowest BCUT2D eigenvalue weighted by molar-refractivity contribution is 0.341. The predicted molar refractivity (Wildman–Crippen MR) is 50.2 cm³/mol. The second-order valence-corrected chi connectivity index (χ2v) is 2.91. The highest BCUT2D eigenvalue weighted by Crippen LogP contribution is 2.16. The van der Waals surface area contributed by atoms with Gasteiger partial charge in [-0.1, -0.05) is 34.1 Å². The van der Waals surface area contributed by atoms with Crippen LogP contribution < -0.4 is 0 Å². The number of benzene rings is 1. The molecule has 1 aromatic carbocycles. The van der Waals surface area contributed by atoms with Gasteiger partial charge in [0.2, 0.25) is 0 Å². The Bertz CT molecular complexity index is 255. The summed E-state index contributed by atoms with van der Waals surface area (Å²) in [6.45, 7) is 0. The Morgan fingerprint density at radius 2 is 2.09 bits per heavy atom. The lowest BCUT2D eigenvalue weighted by Crippen LogP contribution is -1.73. The van der Waals surface area contributed by atoms with Crippen LogP contribution in [0.4, 0.5) is 0 Å². The molecule has 58 valence electrons. The third kappa shape index (κ3) is 2.39. The molecule has 0 bridgehead atoms. The molecule has 0 aromatic heterocycles. The lowest BCUT2D eigenvalue weighted by atomic mass is 10.2. The van der Waals surface area contributed by atoms with Crippen LogP contribution in [0.25, 0.3) is 6.08 Å². The molecule has 0 unspecified atom stereocenters. The summed E-state index contributed by atoms with van der Waals surface area (Å²) in [5.74, 6) is 0. The van der Waals surface area contributed by atoms with E-state index >= 15 is 0 Å². The molecule has 2 heteroatoms. The molecule has 0 spiro atoms. The second-order valence-electron chi connectivity index (χ2n) is 2.06. The van der Waals surface area contributed by atoms with Crippen molar-refractivity contribution >= 4 is 22.0 Å². The zero-order valence-corrected chi connectivity index (χ0v) is 7.84. The van der Waals surface area contributed by atoms with Crippen LogP contribution in [-0.2, 0) is 4.74 Å². The molecule has 0 aliphatic carbocycles. The summed E-state index contributed by atoms with van der Waals surface area (Å²) in [6.07, 6.45) is 3.56. The molecular formula is C9H9BrO. The zero-order chi connectivity index (χ0) is 8.10. The highest BCUT2D eigenvalue weighted by Gasteiger charge is 1.90. The molecule has 11 heavy (non-hydrogen) atoms. The van der Waals surface area contributed by atoms with Crippen LogP contribution in [0.2, 0.25) is 0 Å². The number of halogens is 1. The van der Waals surface area contributed by atoms with E-state index in [1.165, 1.54) is 0 Å². The Labute approximate surface area is 74.8 Å². The van der Waals surface area contributed by atoms with Crippen molar-refractivity contribution < 1.29 is 4.74 Å². The highest BCUT2D eigenvalue weighted by molar-refractivity contribution is 9.10. The van der Waals surface area contributed by atoms with Gasteiger partial charge in [0, 0.05) is 4.47 Å². The number of methoxy groups -OCH3 is 1. The minimum absolute atomic E-state index is 1.08. The topological polar surface area (TPSA) is 9.23 Å². The third-order valence-electron chi connectivity index (χ3n) is 1.29. The number of hydrogen-bond donors (Lipinski definition) is 0. The quantitative estimate of drug-likeness (QED) is 0.686. The molecule has 0 aliphatic rings. The molecular weight excluding hydrogens is 204 g/mol. The van der Waals surface area contributed by atoms with E-state index in [4.69, 9.17) is 4.74 Å². The molecule has 0 atom stereocenters. The van der Waals surface area contributed by atoms with Crippen molar-refractivity contribution in [2.45, 2.75) is 0 Å². The Hall–Kier alpha value is -0.760. The van der Waals surface area contributed by atoms with Crippen molar-refractivity contribution in [3.63, 3.8) is 0 Å². The number of ether oxygens (including phenoxy) is 1. The second kappa shape index (κ2) is 4.19. The molecule has 1 aromatic rings. The summed E-state index contributed by atoms with van der Waals surface area (Å²) in [4.78, 5) is 0. The van der Waals surface area contributed by atoms with E-state index in [-0.39, 0.29) is 0 Å². The molecule has 0 aliphatic heterocycles. The summed E-state index contributed by atoms with van der Waals surface area (Å²) in [5, 5.41) is 0. The van der Waals surface area contributed by atoms with Crippen molar-refractivity contribution in [3.8, 4) is 0 Å². The summed E-state index contributed by atoms with van der Waals surface area (Å²) < 4.78 is 5.88. The largest absolute Gasteiger partial charge is 0.504 e. The number of hydrogen-bond acceptors (Lipinski definition) is 1. The first-order chi connectivity index (χ1) is 5.34. The van der Waals surface area contributed by atoms with Gasteiger partial charge in [-0.3, -0.25) is 0 Å². The SMILES string of the molecule is CO/C=C/c1ccccc1Br. The van der Waals surface area contributed by atoms with Gasteiger partial charge < -0.3 is 4.74 Å². The predicted octanol–water partition coefficient (Wildman–Crippen LogP) is 3.07. The Morgan fingerprint density at radius 3 is 2.73 bits per heavy atom. The van der Waals surface area contributed by atoms with Gasteiger partial charge in [-0.15, -0.1) is 0 Å². The van der Waals surface area contributed by atoms with Crippen molar-refractivity contribution in [1.82, 2.24) is 0 Å². The average Bonchev–Trinajstić information content (AvgIpc) is 2.03. The third-order valence-corrected chi connectivity index (χ3v) is 2.01. The summed E-state index contributed by atoms with van der Waals surface area (Å²) in [7, 11) is 1.63. The monoisotopic (exact) mass is 212 g/mol. The van der Waals surface area contributed by atoms with Crippen molar-refractivity contribution in [2.24, 2.45) is 0 Å². The van der Waals surface area contributed by atoms with Gasteiger partial charge in [0.25, 0.3) is 0 Å². The normalized spacial score (nSPS) is 10.4. The van der Waals surface area contributed by atoms with E-state index in [2.05, 4.69) is 15.9 Å². The highest BCUT2D eigenvalue weighted by atomic mass is 79.9. The Kier molecular flexibility index (Phi) is 3.17. The van der Waals surface area contributed by atoms with Gasteiger partial charge in [-0.05, 0) is 17.7 Å². The van der Waals surface area contributed by atoms with Gasteiger partial charge in [0.1, 0.15) is 0 Å². The standard InChI is InChI=1S/C9H9BrO/c1-11-7-6-8-4-2-3-5-9(8)10/h2-7H,1H3/b7-6+. The van der Waals surface area contributed by atoms with Gasteiger partial charge in [-0.25, -0.2) is 0 Å². The van der Waals surface area contributed by atoms with Crippen LogP contribution in [0, 0.1) is 0 Å². The maximum absolute atomic E-state index is 4.80. The minimum atomic E-state index is 1.08. The summed E-state index contributed by atoms with van der Waals surface area (Å²) in [5.41, 5.74) is 1.12. The van der Waals surface area contributed by atoms with E-state index in [1.807, 2.05) is 30.3 Å². The van der Waals surface area contributed by atoms with Crippen LogP contribution in [0.5, 0.6) is 0 Å². The van der Waals surface area contributed by atoms with Crippen LogP contribution in [0.1, 0.15) is 5.56 Å². The Balaban J connectivity index is 2.86. The van der Waals surface area contributed by atoms with Gasteiger partial charge in [-0.2, -0.15) is 0 Å². The molecule has 0 N–H and O–H groups in total. The molecule has 1 nitrogen and oxygen atoms in total. The fraction of sp³-hybridized carbons (Fsp3) is 0.111. The van der Waals surface area contributed by atoms with Crippen LogP contribution in [0.15, 0.2) is 35.0 Å². The van der Waals surface area contributed by atoms with E-state index in [1.54, 1.807) is 13.4 Å². The molecule has 0 amide bonds. The van der Waals surface area contributed by atoms with E-state index in [0.29, 0.717) is 0 Å². The molecule has 0 heterocycles. The van der Waals surface area contributed by atoms with Crippen molar-refractivity contribution in [1.29, 1.82) is 0 Å². The van der Waals surface area contributed by atoms with Gasteiger partial charge in [0.05, 0.1) is 13.4 Å². The molecule has 0 radical (unpaired) electrons. The maximum Gasteiger partial charge on any atom is 0.0830 e. The van der Waals surface area contributed by atoms with Crippen LogP contribution >= 0.6 is 15.9 Å². The first-order valence-corrected chi connectivity index (χ1v) is 4.08.